The van der Waals surface area contributed by atoms with Gasteiger partial charge in [-0.2, -0.15) is 0 Å². The molecule has 9 nitrogen and oxygen atoms in total. The van der Waals surface area contributed by atoms with Crippen molar-refractivity contribution >= 4 is 11.9 Å². The highest BCUT2D eigenvalue weighted by Crippen LogP contribution is 2.41. The number of esters is 1. The Labute approximate surface area is 137 Å². The molecule has 1 atom stereocenters. The van der Waals surface area contributed by atoms with Gasteiger partial charge in [-0.3, -0.25) is 19.0 Å². The number of carbonyl (C=O) groups is 2. The Morgan fingerprint density at radius 3 is 2.79 bits per heavy atom. The van der Waals surface area contributed by atoms with Crippen LogP contribution in [0.4, 0.5) is 0 Å². The number of aromatic nitrogens is 2. The molecule has 2 saturated heterocycles. The first kappa shape index (κ1) is 16.4. The normalized spacial score (nSPS) is 22.4. The van der Waals surface area contributed by atoms with Crippen molar-refractivity contribution in [2.24, 2.45) is 12.5 Å². The molecular formula is C15H20N4O5. The molecule has 0 saturated carbocycles. The van der Waals surface area contributed by atoms with Crippen molar-refractivity contribution in [3.8, 4) is 0 Å². The van der Waals surface area contributed by atoms with Crippen LogP contribution in [0.25, 0.3) is 0 Å². The smallest absolute Gasteiger partial charge is 0.328 e. The molecule has 0 bridgehead atoms. The van der Waals surface area contributed by atoms with Gasteiger partial charge in [0.15, 0.2) is 0 Å². The summed E-state index contributed by atoms with van der Waals surface area (Å²) in [5, 5.41) is 5.82. The molecule has 3 heterocycles. The van der Waals surface area contributed by atoms with Gasteiger partial charge in [-0.05, 0) is 25.9 Å². The first-order valence-electron chi connectivity index (χ1n) is 7.92. The van der Waals surface area contributed by atoms with Gasteiger partial charge in [0.1, 0.15) is 11.7 Å². The van der Waals surface area contributed by atoms with E-state index in [2.05, 4.69) is 15.6 Å². The molecule has 0 aliphatic carbocycles. The maximum absolute atomic E-state index is 12.2. The van der Waals surface area contributed by atoms with Crippen molar-refractivity contribution in [1.82, 2.24) is 20.2 Å². The summed E-state index contributed by atoms with van der Waals surface area (Å²) in [4.78, 5) is 49.8. The molecule has 2 fully saturated rings. The Kier molecular flexibility index (Phi) is 4.27. The lowest BCUT2D eigenvalue weighted by Crippen LogP contribution is -2.41. The molecule has 24 heavy (non-hydrogen) atoms. The SMILES string of the molecule is Cn1c(=O)[nH]cc(C(=O)NCC2CC3(CCNCC3)C(=O)O2)c1=O. The number of rotatable bonds is 3. The number of H-pyrrole nitrogens is 1. The van der Waals surface area contributed by atoms with Crippen LogP contribution in [-0.2, 0) is 16.6 Å². The zero-order chi connectivity index (χ0) is 17.3. The van der Waals surface area contributed by atoms with Gasteiger partial charge in [-0.15, -0.1) is 0 Å². The number of hydrogen-bond acceptors (Lipinski definition) is 6. The van der Waals surface area contributed by atoms with E-state index in [9.17, 15) is 19.2 Å². The van der Waals surface area contributed by atoms with E-state index in [-0.39, 0.29) is 18.1 Å². The summed E-state index contributed by atoms with van der Waals surface area (Å²) in [6.07, 6.45) is 2.73. The maximum atomic E-state index is 12.2. The van der Waals surface area contributed by atoms with Crippen molar-refractivity contribution in [2.45, 2.75) is 25.4 Å². The summed E-state index contributed by atoms with van der Waals surface area (Å²) < 4.78 is 6.22. The second-order valence-electron chi connectivity index (χ2n) is 6.34. The van der Waals surface area contributed by atoms with E-state index in [1.165, 1.54) is 7.05 Å². The lowest BCUT2D eigenvalue weighted by molar-refractivity contribution is -0.149. The van der Waals surface area contributed by atoms with Gasteiger partial charge in [0, 0.05) is 19.7 Å². The van der Waals surface area contributed by atoms with Crippen LogP contribution in [0.5, 0.6) is 0 Å². The summed E-state index contributed by atoms with van der Waals surface area (Å²) in [5.41, 5.74) is -1.86. The molecule has 1 aromatic heterocycles. The zero-order valence-electron chi connectivity index (χ0n) is 13.4. The second kappa shape index (κ2) is 6.23. The van der Waals surface area contributed by atoms with E-state index in [1.807, 2.05) is 0 Å². The van der Waals surface area contributed by atoms with Crippen LogP contribution in [0.3, 0.4) is 0 Å². The molecule has 1 aromatic rings. The van der Waals surface area contributed by atoms with Crippen molar-refractivity contribution in [2.75, 3.05) is 19.6 Å². The maximum Gasteiger partial charge on any atom is 0.328 e. The van der Waals surface area contributed by atoms with Crippen LogP contribution >= 0.6 is 0 Å². The second-order valence-corrected chi connectivity index (χ2v) is 6.34. The third-order valence-electron chi connectivity index (χ3n) is 4.80. The third-order valence-corrected chi connectivity index (χ3v) is 4.80. The first-order valence-corrected chi connectivity index (χ1v) is 7.92. The molecule has 0 aromatic carbocycles. The molecule has 2 aliphatic rings. The molecule has 130 valence electrons. The fraction of sp³-hybridized carbons (Fsp3) is 0.600. The summed E-state index contributed by atoms with van der Waals surface area (Å²) in [5.74, 6) is -0.808. The van der Waals surface area contributed by atoms with E-state index >= 15 is 0 Å². The van der Waals surface area contributed by atoms with Crippen molar-refractivity contribution in [3.63, 3.8) is 0 Å². The first-order chi connectivity index (χ1) is 11.4. The van der Waals surface area contributed by atoms with E-state index in [1.54, 1.807) is 0 Å². The minimum absolute atomic E-state index is 0.141. The van der Waals surface area contributed by atoms with Crippen LogP contribution in [0, 0.1) is 5.41 Å². The van der Waals surface area contributed by atoms with Gasteiger partial charge in [0.2, 0.25) is 0 Å². The number of nitrogens with zero attached hydrogens (tertiary/aromatic N) is 1. The van der Waals surface area contributed by atoms with Crippen molar-refractivity contribution in [1.29, 1.82) is 0 Å². The molecule has 0 radical (unpaired) electrons. The lowest BCUT2D eigenvalue weighted by Gasteiger charge is -2.29. The quantitative estimate of drug-likeness (QED) is 0.577. The average molecular weight is 336 g/mol. The monoisotopic (exact) mass is 336 g/mol. The van der Waals surface area contributed by atoms with Gasteiger partial charge in [0.05, 0.1) is 12.0 Å². The van der Waals surface area contributed by atoms with Crippen LogP contribution in [0.1, 0.15) is 29.6 Å². The molecular weight excluding hydrogens is 316 g/mol. The minimum atomic E-state index is -0.672. The molecule has 2 aliphatic heterocycles. The van der Waals surface area contributed by atoms with Crippen LogP contribution in [0.2, 0.25) is 0 Å². The zero-order valence-corrected chi connectivity index (χ0v) is 13.4. The highest BCUT2D eigenvalue weighted by atomic mass is 16.6. The van der Waals surface area contributed by atoms with E-state index in [0.717, 1.165) is 36.7 Å². The Balaban J connectivity index is 1.63. The number of amides is 1. The predicted molar refractivity (Wildman–Crippen MR) is 83.7 cm³/mol. The van der Waals surface area contributed by atoms with Gasteiger partial charge in [-0.25, -0.2) is 4.79 Å². The Bertz CT molecular complexity index is 775. The fourth-order valence-corrected chi connectivity index (χ4v) is 3.29. The van der Waals surface area contributed by atoms with Crippen LogP contribution < -0.4 is 21.9 Å². The number of ether oxygens (including phenoxy) is 1. The molecule has 3 N–H and O–H groups in total. The third kappa shape index (κ3) is 2.86. The Morgan fingerprint density at radius 1 is 1.38 bits per heavy atom. The number of nitrogens with one attached hydrogen (secondary N) is 3. The standard InChI is InChI=1S/C15H20N4O5/c1-19-12(21)10(8-18-14(19)23)11(20)17-7-9-6-15(13(22)24-9)2-4-16-5-3-15/h8-9,16H,2-7H2,1H3,(H,17,20)(H,18,23). The number of carbonyl (C=O) groups excluding carboxylic acids is 2. The Hall–Kier alpha value is -2.42. The molecule has 9 heteroatoms. The minimum Gasteiger partial charge on any atom is -0.460 e. The summed E-state index contributed by atoms with van der Waals surface area (Å²) in [6, 6.07) is 0. The number of cyclic esters (lactones) is 1. The number of piperidine rings is 1. The summed E-state index contributed by atoms with van der Waals surface area (Å²) >= 11 is 0. The molecule has 1 spiro atoms. The van der Waals surface area contributed by atoms with Gasteiger partial charge >= 0.3 is 11.7 Å². The fourth-order valence-electron chi connectivity index (χ4n) is 3.29. The Morgan fingerprint density at radius 2 is 2.08 bits per heavy atom. The molecule has 1 amide bonds. The summed E-state index contributed by atoms with van der Waals surface area (Å²) in [6.45, 7) is 1.70. The largest absolute Gasteiger partial charge is 0.460 e. The predicted octanol–water partition coefficient (Wildman–Crippen LogP) is -1.51. The lowest BCUT2D eigenvalue weighted by atomic mass is 9.76. The van der Waals surface area contributed by atoms with Crippen LogP contribution in [-0.4, -0.2) is 47.2 Å². The molecule has 1 unspecified atom stereocenters. The average Bonchev–Trinajstić information content (AvgIpc) is 2.87. The van der Waals surface area contributed by atoms with Gasteiger partial charge < -0.3 is 20.4 Å². The van der Waals surface area contributed by atoms with E-state index in [0.29, 0.717) is 6.42 Å². The highest BCUT2D eigenvalue weighted by molar-refractivity contribution is 5.93. The number of aromatic amines is 1. The topological polar surface area (TPSA) is 122 Å². The van der Waals surface area contributed by atoms with E-state index in [4.69, 9.17) is 4.74 Å². The van der Waals surface area contributed by atoms with Crippen LogP contribution in [0.15, 0.2) is 15.8 Å². The summed E-state index contributed by atoms with van der Waals surface area (Å²) in [7, 11) is 1.29. The van der Waals surface area contributed by atoms with Gasteiger partial charge in [-0.1, -0.05) is 0 Å². The van der Waals surface area contributed by atoms with Crippen molar-refractivity contribution in [3.05, 3.63) is 32.6 Å². The highest BCUT2D eigenvalue weighted by Gasteiger charge is 2.49. The van der Waals surface area contributed by atoms with Crippen molar-refractivity contribution < 1.29 is 14.3 Å². The molecule has 3 rings (SSSR count). The van der Waals surface area contributed by atoms with Gasteiger partial charge in [0.25, 0.3) is 11.5 Å². The van der Waals surface area contributed by atoms with E-state index < -0.39 is 28.7 Å². The number of hydrogen-bond donors (Lipinski definition) is 3.